The second kappa shape index (κ2) is 8.98. The maximum Gasteiger partial charge on any atom is 0.272 e. The summed E-state index contributed by atoms with van der Waals surface area (Å²) in [4.78, 5) is 26.4. The van der Waals surface area contributed by atoms with E-state index in [2.05, 4.69) is 47.8 Å². The topological polar surface area (TPSA) is 49.3 Å². The quantitative estimate of drug-likeness (QED) is 0.765. The van der Waals surface area contributed by atoms with Gasteiger partial charge in [0.1, 0.15) is 5.69 Å². The van der Waals surface area contributed by atoms with Crippen LogP contribution in [0.2, 0.25) is 0 Å². The van der Waals surface area contributed by atoms with Gasteiger partial charge in [0.2, 0.25) is 5.95 Å². The largest absolute Gasteiger partial charge is 0.334 e. The number of carbonyl (C=O) groups is 1. The minimum Gasteiger partial charge on any atom is -0.334 e. The van der Waals surface area contributed by atoms with Crippen LogP contribution in [0.3, 0.4) is 0 Å². The number of nitrogens with zero attached hydrogens (tertiary/aromatic N) is 4. The van der Waals surface area contributed by atoms with Crippen molar-refractivity contribution in [2.75, 3.05) is 11.4 Å². The number of anilines is 1. The van der Waals surface area contributed by atoms with Crippen LogP contribution in [0, 0.1) is 0 Å². The molecule has 1 atom stereocenters. The molecule has 0 radical (unpaired) electrons. The van der Waals surface area contributed by atoms with E-state index in [9.17, 15) is 4.79 Å². The lowest BCUT2D eigenvalue weighted by Crippen LogP contribution is -2.43. The maximum atomic E-state index is 13.1. The number of aromatic nitrogens is 2. The van der Waals surface area contributed by atoms with Crippen LogP contribution in [-0.2, 0) is 6.54 Å². The third kappa shape index (κ3) is 4.65. The molecule has 0 N–H and O–H groups in total. The zero-order valence-electron chi connectivity index (χ0n) is 16.6. The number of hydrogen-bond donors (Lipinski definition) is 0. The summed E-state index contributed by atoms with van der Waals surface area (Å²) in [5.41, 5.74) is 1.70. The Hall–Kier alpha value is -2.43. The summed E-state index contributed by atoms with van der Waals surface area (Å²) in [5.74, 6) is 0.651. The van der Waals surface area contributed by atoms with Gasteiger partial charge >= 0.3 is 0 Å². The fraction of sp³-hybridized carbons (Fsp3) is 0.500. The van der Waals surface area contributed by atoms with E-state index in [0.29, 0.717) is 17.7 Å². The van der Waals surface area contributed by atoms with Crippen molar-refractivity contribution >= 4 is 11.9 Å². The molecule has 27 heavy (non-hydrogen) atoms. The zero-order chi connectivity index (χ0) is 19.2. The highest BCUT2D eigenvalue weighted by atomic mass is 16.2. The summed E-state index contributed by atoms with van der Waals surface area (Å²) in [5, 5.41) is 0. The Morgan fingerprint density at radius 1 is 1.22 bits per heavy atom. The number of rotatable bonds is 6. The molecule has 5 heteroatoms. The summed E-state index contributed by atoms with van der Waals surface area (Å²) in [7, 11) is 0. The van der Waals surface area contributed by atoms with Crippen LogP contribution >= 0.6 is 0 Å². The first-order chi connectivity index (χ1) is 13.1. The van der Waals surface area contributed by atoms with Gasteiger partial charge in [-0.1, -0.05) is 37.3 Å². The molecule has 1 aliphatic rings. The predicted octanol–water partition coefficient (Wildman–Crippen LogP) is 4.30. The molecule has 2 heterocycles. The van der Waals surface area contributed by atoms with Crippen LogP contribution in [0.5, 0.6) is 0 Å². The summed E-state index contributed by atoms with van der Waals surface area (Å²) < 4.78 is 0. The Kier molecular flexibility index (Phi) is 6.43. The Morgan fingerprint density at radius 3 is 2.70 bits per heavy atom. The van der Waals surface area contributed by atoms with E-state index in [0.717, 1.165) is 32.4 Å². The van der Waals surface area contributed by atoms with Gasteiger partial charge in [-0.15, -0.1) is 0 Å². The van der Waals surface area contributed by atoms with Crippen molar-refractivity contribution < 1.29 is 4.79 Å². The van der Waals surface area contributed by atoms with Crippen molar-refractivity contribution in [2.45, 2.75) is 65.1 Å². The zero-order valence-corrected chi connectivity index (χ0v) is 16.6. The molecular weight excluding hydrogens is 336 g/mol. The Balaban J connectivity index is 1.83. The molecule has 1 fully saturated rings. The molecule has 1 aromatic carbocycles. The summed E-state index contributed by atoms with van der Waals surface area (Å²) in [6.07, 6.45) is 6.07. The van der Waals surface area contributed by atoms with Gasteiger partial charge in [-0.25, -0.2) is 9.97 Å². The third-order valence-corrected chi connectivity index (χ3v) is 5.30. The fourth-order valence-corrected chi connectivity index (χ4v) is 3.71. The molecule has 0 saturated carbocycles. The van der Waals surface area contributed by atoms with Crippen molar-refractivity contribution in [3.05, 3.63) is 53.9 Å². The molecule has 5 nitrogen and oxygen atoms in total. The summed E-state index contributed by atoms with van der Waals surface area (Å²) in [6.45, 7) is 7.95. The lowest BCUT2D eigenvalue weighted by atomic mass is 9.99. The van der Waals surface area contributed by atoms with Crippen molar-refractivity contribution in [3.8, 4) is 0 Å². The average molecular weight is 367 g/mol. The van der Waals surface area contributed by atoms with Crippen LogP contribution in [0.15, 0.2) is 42.6 Å². The highest BCUT2D eigenvalue weighted by Crippen LogP contribution is 2.22. The first kappa shape index (κ1) is 19.3. The second-order valence-corrected chi connectivity index (χ2v) is 7.51. The van der Waals surface area contributed by atoms with Crippen molar-refractivity contribution in [3.63, 3.8) is 0 Å². The Labute approximate surface area is 162 Å². The molecular formula is C22H30N4O. The van der Waals surface area contributed by atoms with Gasteiger partial charge in [0.25, 0.3) is 5.91 Å². The predicted molar refractivity (Wildman–Crippen MR) is 109 cm³/mol. The SMILES string of the molecule is CCC1CCCCN1C(=O)c1ccnc(N(Cc2ccccc2)C(C)C)n1. The molecule has 1 aromatic heterocycles. The molecule has 0 spiro atoms. The molecule has 1 saturated heterocycles. The first-order valence-corrected chi connectivity index (χ1v) is 10.0. The standard InChI is InChI=1S/C22H30N4O/c1-4-19-12-8-9-15-25(19)21(27)20-13-14-23-22(24-20)26(17(2)3)16-18-10-6-5-7-11-18/h5-7,10-11,13-14,17,19H,4,8-9,12,15-16H2,1-3H3. The molecule has 1 amide bonds. The minimum atomic E-state index is 0.0358. The number of hydrogen-bond acceptors (Lipinski definition) is 4. The normalized spacial score (nSPS) is 17.2. The van der Waals surface area contributed by atoms with Gasteiger partial charge in [-0.3, -0.25) is 4.79 Å². The van der Waals surface area contributed by atoms with E-state index in [-0.39, 0.29) is 11.9 Å². The van der Waals surface area contributed by atoms with E-state index < -0.39 is 0 Å². The van der Waals surface area contributed by atoms with Crippen molar-refractivity contribution in [2.24, 2.45) is 0 Å². The van der Waals surface area contributed by atoms with Gasteiger partial charge < -0.3 is 9.80 Å². The van der Waals surface area contributed by atoms with Gasteiger partial charge in [0, 0.05) is 31.4 Å². The highest BCUT2D eigenvalue weighted by molar-refractivity contribution is 5.92. The van der Waals surface area contributed by atoms with E-state index in [4.69, 9.17) is 0 Å². The molecule has 0 aliphatic carbocycles. The number of piperidine rings is 1. The van der Waals surface area contributed by atoms with E-state index in [1.165, 1.54) is 12.0 Å². The summed E-state index contributed by atoms with van der Waals surface area (Å²) in [6, 6.07) is 12.6. The third-order valence-electron chi connectivity index (χ3n) is 5.30. The lowest BCUT2D eigenvalue weighted by Gasteiger charge is -2.35. The summed E-state index contributed by atoms with van der Waals surface area (Å²) >= 11 is 0. The van der Waals surface area contributed by atoms with E-state index in [1.807, 2.05) is 23.1 Å². The van der Waals surface area contributed by atoms with Gasteiger partial charge in [0.15, 0.2) is 0 Å². The smallest absolute Gasteiger partial charge is 0.272 e. The molecule has 0 bridgehead atoms. The van der Waals surface area contributed by atoms with Crippen molar-refractivity contribution in [1.82, 2.24) is 14.9 Å². The molecule has 2 aromatic rings. The number of amides is 1. The molecule has 1 unspecified atom stereocenters. The maximum absolute atomic E-state index is 13.1. The molecule has 144 valence electrons. The van der Waals surface area contributed by atoms with Crippen LogP contribution in [0.1, 0.15) is 62.5 Å². The average Bonchev–Trinajstić information content (AvgIpc) is 2.72. The number of likely N-dealkylation sites (tertiary alicyclic amines) is 1. The van der Waals surface area contributed by atoms with Gasteiger partial charge in [-0.05, 0) is 51.2 Å². The Bertz CT molecular complexity index is 747. The van der Waals surface area contributed by atoms with Crippen LogP contribution in [0.25, 0.3) is 0 Å². The number of carbonyl (C=O) groups excluding carboxylic acids is 1. The molecule has 1 aliphatic heterocycles. The van der Waals surface area contributed by atoms with Crippen LogP contribution < -0.4 is 4.90 Å². The van der Waals surface area contributed by atoms with Crippen molar-refractivity contribution in [1.29, 1.82) is 0 Å². The monoisotopic (exact) mass is 366 g/mol. The van der Waals surface area contributed by atoms with E-state index in [1.54, 1.807) is 12.3 Å². The van der Waals surface area contributed by atoms with E-state index >= 15 is 0 Å². The second-order valence-electron chi connectivity index (χ2n) is 7.51. The Morgan fingerprint density at radius 2 is 2.00 bits per heavy atom. The van der Waals surface area contributed by atoms with Gasteiger partial charge in [0.05, 0.1) is 0 Å². The first-order valence-electron chi connectivity index (χ1n) is 10.0. The van der Waals surface area contributed by atoms with Crippen LogP contribution in [0.4, 0.5) is 5.95 Å². The lowest BCUT2D eigenvalue weighted by molar-refractivity contribution is 0.0602. The molecule has 3 rings (SSSR count). The minimum absolute atomic E-state index is 0.0358. The van der Waals surface area contributed by atoms with Crippen LogP contribution in [-0.4, -0.2) is 39.4 Å². The highest BCUT2D eigenvalue weighted by Gasteiger charge is 2.27. The number of benzene rings is 1. The fourth-order valence-electron chi connectivity index (χ4n) is 3.71. The van der Waals surface area contributed by atoms with Gasteiger partial charge in [-0.2, -0.15) is 0 Å².